The van der Waals surface area contributed by atoms with E-state index in [0.29, 0.717) is 6.04 Å². The largest absolute Gasteiger partial charge is 0.392 e. The van der Waals surface area contributed by atoms with Crippen molar-refractivity contribution in [1.29, 1.82) is 0 Å². The molecule has 0 aliphatic heterocycles. The minimum atomic E-state index is -0.127. The van der Waals surface area contributed by atoms with Crippen LogP contribution in [0.4, 0.5) is 0 Å². The van der Waals surface area contributed by atoms with E-state index in [1.165, 1.54) is 10.0 Å². The average Bonchev–Trinajstić information content (AvgIpc) is 2.50. The number of aliphatic hydroxyl groups is 1. The van der Waals surface area contributed by atoms with Gasteiger partial charge in [-0.25, -0.2) is 0 Å². The summed E-state index contributed by atoms with van der Waals surface area (Å²) >= 11 is 5.17. The van der Waals surface area contributed by atoms with Crippen molar-refractivity contribution in [2.24, 2.45) is 0 Å². The summed E-state index contributed by atoms with van der Waals surface area (Å²) in [6, 6.07) is 0.312. The maximum atomic E-state index is 9.33. The molecule has 0 amide bonds. The molecule has 1 aliphatic rings. The van der Waals surface area contributed by atoms with Gasteiger partial charge in [0, 0.05) is 22.4 Å². The number of thiophene rings is 1. The maximum Gasteiger partial charge on any atom is 0.0693 e. The van der Waals surface area contributed by atoms with Crippen molar-refractivity contribution in [1.82, 2.24) is 5.32 Å². The first-order chi connectivity index (χ1) is 6.27. The van der Waals surface area contributed by atoms with E-state index in [0.717, 1.165) is 19.4 Å². The van der Waals surface area contributed by atoms with Gasteiger partial charge >= 0.3 is 0 Å². The fourth-order valence-electron chi connectivity index (χ4n) is 1.40. The Morgan fingerprint density at radius 1 is 1.54 bits per heavy atom. The summed E-state index contributed by atoms with van der Waals surface area (Å²) in [6.07, 6.45) is 1.92. The van der Waals surface area contributed by atoms with Crippen LogP contribution in [0.3, 0.4) is 0 Å². The fraction of sp³-hybridized carbons (Fsp3) is 0.556. The predicted molar refractivity (Wildman–Crippen MR) is 57.9 cm³/mol. The lowest BCUT2D eigenvalue weighted by molar-refractivity contribution is 0.0493. The average molecular weight is 262 g/mol. The molecular formula is C9H12BrNOS. The second kappa shape index (κ2) is 4.09. The molecule has 1 aromatic heterocycles. The highest BCUT2D eigenvalue weighted by atomic mass is 79.9. The Hall–Kier alpha value is 0.100. The Balaban J connectivity index is 1.83. The Morgan fingerprint density at radius 3 is 2.85 bits per heavy atom. The second-order valence-corrected chi connectivity index (χ2v) is 4.97. The van der Waals surface area contributed by atoms with Gasteiger partial charge in [0.25, 0.3) is 0 Å². The summed E-state index contributed by atoms with van der Waals surface area (Å²) in [4.78, 5) is 0. The highest BCUT2D eigenvalue weighted by molar-refractivity contribution is 9.10. The molecule has 4 heteroatoms. The van der Waals surface area contributed by atoms with Gasteiger partial charge < -0.3 is 10.4 Å². The third-order valence-electron chi connectivity index (χ3n) is 2.48. The quantitative estimate of drug-likeness (QED) is 0.874. The molecule has 13 heavy (non-hydrogen) atoms. The summed E-state index contributed by atoms with van der Waals surface area (Å²) in [5.41, 5.74) is 1.28. The molecule has 0 aromatic carbocycles. The first kappa shape index (κ1) is 9.65. The molecule has 1 fully saturated rings. The number of hydrogen-bond donors (Lipinski definition) is 2. The van der Waals surface area contributed by atoms with Crippen molar-refractivity contribution in [3.8, 4) is 0 Å². The van der Waals surface area contributed by atoms with Gasteiger partial charge in [0.2, 0.25) is 0 Å². The zero-order valence-corrected chi connectivity index (χ0v) is 9.57. The lowest BCUT2D eigenvalue weighted by atomic mass is 9.89. The molecule has 1 aliphatic carbocycles. The SMILES string of the molecule is O[C@@H]1CC[C@H]1NCc1cscc1Br. The number of rotatable bonds is 3. The molecule has 1 aromatic rings. The van der Waals surface area contributed by atoms with Crippen molar-refractivity contribution in [3.05, 3.63) is 20.8 Å². The van der Waals surface area contributed by atoms with E-state index in [4.69, 9.17) is 0 Å². The minimum Gasteiger partial charge on any atom is -0.392 e. The van der Waals surface area contributed by atoms with E-state index in [1.807, 2.05) is 0 Å². The molecule has 2 atom stereocenters. The van der Waals surface area contributed by atoms with Crippen LogP contribution in [0.5, 0.6) is 0 Å². The van der Waals surface area contributed by atoms with Crippen molar-refractivity contribution < 1.29 is 5.11 Å². The van der Waals surface area contributed by atoms with Crippen molar-refractivity contribution >= 4 is 27.3 Å². The van der Waals surface area contributed by atoms with Gasteiger partial charge in [0.1, 0.15) is 0 Å². The number of aliphatic hydroxyl groups excluding tert-OH is 1. The third kappa shape index (κ3) is 2.13. The number of halogens is 1. The van der Waals surface area contributed by atoms with Gasteiger partial charge in [0.05, 0.1) is 6.10 Å². The molecule has 2 rings (SSSR count). The molecule has 0 spiro atoms. The van der Waals surface area contributed by atoms with E-state index >= 15 is 0 Å². The van der Waals surface area contributed by atoms with Crippen LogP contribution in [0.2, 0.25) is 0 Å². The normalized spacial score (nSPS) is 27.2. The zero-order valence-electron chi connectivity index (χ0n) is 7.16. The van der Waals surface area contributed by atoms with Crippen LogP contribution in [-0.2, 0) is 6.54 Å². The monoisotopic (exact) mass is 261 g/mol. The smallest absolute Gasteiger partial charge is 0.0693 e. The van der Waals surface area contributed by atoms with E-state index in [-0.39, 0.29) is 6.10 Å². The molecule has 1 heterocycles. The zero-order chi connectivity index (χ0) is 9.26. The van der Waals surface area contributed by atoms with E-state index < -0.39 is 0 Å². The van der Waals surface area contributed by atoms with Crippen molar-refractivity contribution in [3.63, 3.8) is 0 Å². The number of nitrogens with one attached hydrogen (secondary N) is 1. The van der Waals surface area contributed by atoms with Crippen molar-refractivity contribution in [2.75, 3.05) is 0 Å². The molecule has 2 nitrogen and oxygen atoms in total. The first-order valence-corrected chi connectivity index (χ1v) is 6.13. The molecule has 1 saturated carbocycles. The Labute approximate surface area is 90.1 Å². The maximum absolute atomic E-state index is 9.33. The van der Waals surface area contributed by atoms with E-state index in [2.05, 4.69) is 32.0 Å². The third-order valence-corrected chi connectivity index (χ3v) is 4.31. The van der Waals surface area contributed by atoms with Gasteiger partial charge in [-0.3, -0.25) is 0 Å². The van der Waals surface area contributed by atoms with Crippen LogP contribution < -0.4 is 5.32 Å². The van der Waals surface area contributed by atoms with Crippen LogP contribution in [0, 0.1) is 0 Å². The summed E-state index contributed by atoms with van der Waals surface area (Å²) < 4.78 is 1.17. The van der Waals surface area contributed by atoms with Crippen LogP contribution in [-0.4, -0.2) is 17.3 Å². The highest BCUT2D eigenvalue weighted by Gasteiger charge is 2.27. The standard InChI is InChI=1S/C9H12BrNOS/c10-7-5-13-4-6(7)3-11-8-1-2-9(8)12/h4-5,8-9,11-12H,1-3H2/t8-,9-/m1/s1. The van der Waals surface area contributed by atoms with Crippen LogP contribution >= 0.6 is 27.3 Å². The van der Waals surface area contributed by atoms with E-state index in [1.54, 1.807) is 11.3 Å². The van der Waals surface area contributed by atoms with Crippen LogP contribution in [0.1, 0.15) is 18.4 Å². The van der Waals surface area contributed by atoms with Crippen LogP contribution in [0.25, 0.3) is 0 Å². The van der Waals surface area contributed by atoms with Gasteiger partial charge in [-0.2, -0.15) is 11.3 Å². The summed E-state index contributed by atoms with van der Waals surface area (Å²) in [7, 11) is 0. The summed E-state index contributed by atoms with van der Waals surface area (Å²) in [5, 5.41) is 16.9. The lowest BCUT2D eigenvalue weighted by Gasteiger charge is -2.33. The molecule has 72 valence electrons. The molecule has 2 N–H and O–H groups in total. The summed E-state index contributed by atoms with van der Waals surface area (Å²) in [6.45, 7) is 0.853. The molecule has 0 unspecified atom stereocenters. The predicted octanol–water partition coefficient (Wildman–Crippen LogP) is 2.12. The van der Waals surface area contributed by atoms with Crippen molar-refractivity contribution in [2.45, 2.75) is 31.5 Å². The van der Waals surface area contributed by atoms with Gasteiger partial charge in [-0.1, -0.05) is 0 Å². The minimum absolute atomic E-state index is 0.127. The van der Waals surface area contributed by atoms with Gasteiger partial charge in [-0.15, -0.1) is 0 Å². The van der Waals surface area contributed by atoms with Gasteiger partial charge in [0.15, 0.2) is 0 Å². The number of hydrogen-bond acceptors (Lipinski definition) is 3. The molecule has 0 saturated heterocycles. The molecule has 0 radical (unpaired) electrons. The fourth-order valence-corrected chi connectivity index (χ4v) is 2.84. The second-order valence-electron chi connectivity index (χ2n) is 3.38. The Kier molecular flexibility index (Phi) is 3.03. The lowest BCUT2D eigenvalue weighted by Crippen LogP contribution is -2.47. The summed E-state index contributed by atoms with van der Waals surface area (Å²) in [5.74, 6) is 0. The molecule has 0 bridgehead atoms. The Morgan fingerprint density at radius 2 is 2.38 bits per heavy atom. The van der Waals surface area contributed by atoms with E-state index in [9.17, 15) is 5.11 Å². The topological polar surface area (TPSA) is 32.3 Å². The first-order valence-electron chi connectivity index (χ1n) is 4.39. The molecular weight excluding hydrogens is 250 g/mol. The van der Waals surface area contributed by atoms with Crippen LogP contribution in [0.15, 0.2) is 15.2 Å². The Bertz CT molecular complexity index is 289. The highest BCUT2D eigenvalue weighted by Crippen LogP contribution is 2.23. The van der Waals surface area contributed by atoms with Gasteiger partial charge in [-0.05, 0) is 39.7 Å².